The molecule has 11 heteroatoms. The summed E-state index contributed by atoms with van der Waals surface area (Å²) >= 11 is 6.40. The van der Waals surface area contributed by atoms with Crippen LogP contribution in [0.1, 0.15) is 48.9 Å². The van der Waals surface area contributed by atoms with E-state index < -0.39 is 11.9 Å². The Kier molecular flexibility index (Phi) is 6.99. The number of pyridine rings is 1. The normalized spacial score (nSPS) is 14.7. The van der Waals surface area contributed by atoms with Crippen molar-refractivity contribution in [2.45, 2.75) is 31.8 Å². The van der Waals surface area contributed by atoms with Gasteiger partial charge in [0.05, 0.1) is 28.2 Å². The van der Waals surface area contributed by atoms with Gasteiger partial charge >= 0.3 is 0 Å². The van der Waals surface area contributed by atoms with Crippen LogP contribution in [0.15, 0.2) is 47.7 Å². The van der Waals surface area contributed by atoms with Crippen molar-refractivity contribution < 1.29 is 9.13 Å². The first-order valence-corrected chi connectivity index (χ1v) is 12.1. The van der Waals surface area contributed by atoms with Gasteiger partial charge in [0.15, 0.2) is 0 Å². The molecule has 3 aromatic heterocycles. The van der Waals surface area contributed by atoms with Crippen molar-refractivity contribution in [3.63, 3.8) is 0 Å². The topological polar surface area (TPSA) is 121 Å². The fraction of sp³-hybridized carbons (Fsp3) is 0.269. The Balaban J connectivity index is 1.56. The van der Waals surface area contributed by atoms with E-state index in [2.05, 4.69) is 32.1 Å². The predicted octanol–water partition coefficient (Wildman–Crippen LogP) is 3.88. The fourth-order valence-electron chi connectivity index (χ4n) is 4.30. The number of benzene rings is 1. The summed E-state index contributed by atoms with van der Waals surface area (Å²) in [5.74, 6) is 6.40. The third-order valence-electron chi connectivity index (χ3n) is 6.12. The maximum absolute atomic E-state index is 13.7. The lowest BCUT2D eigenvalue weighted by Crippen LogP contribution is -2.34. The second-order valence-electron chi connectivity index (χ2n) is 8.58. The summed E-state index contributed by atoms with van der Waals surface area (Å²) in [5.41, 5.74) is 7.14. The summed E-state index contributed by atoms with van der Waals surface area (Å²) < 4.78 is 20.4. The van der Waals surface area contributed by atoms with E-state index in [-0.39, 0.29) is 17.4 Å². The van der Waals surface area contributed by atoms with Gasteiger partial charge in [0, 0.05) is 19.3 Å². The number of nitrogen functional groups attached to an aromatic ring is 1. The number of ether oxygens (including phenoxy) is 1. The molecule has 4 heterocycles. The van der Waals surface area contributed by atoms with Crippen LogP contribution in [0, 0.1) is 17.7 Å². The van der Waals surface area contributed by atoms with Crippen LogP contribution in [-0.2, 0) is 4.74 Å². The van der Waals surface area contributed by atoms with Crippen molar-refractivity contribution in [3.05, 3.63) is 81.1 Å². The molecule has 1 atom stereocenters. The first kappa shape index (κ1) is 24.6. The summed E-state index contributed by atoms with van der Waals surface area (Å²) in [6.07, 6.45) is 3.77. The number of fused-ring (bicyclic) bond motifs is 1. The zero-order chi connectivity index (χ0) is 25.9. The van der Waals surface area contributed by atoms with Crippen LogP contribution in [0.5, 0.6) is 0 Å². The van der Waals surface area contributed by atoms with Crippen molar-refractivity contribution in [1.29, 1.82) is 0 Å². The lowest BCUT2D eigenvalue weighted by molar-refractivity contribution is 0.0675. The van der Waals surface area contributed by atoms with Gasteiger partial charge in [0.1, 0.15) is 40.9 Å². The van der Waals surface area contributed by atoms with Crippen molar-refractivity contribution >= 4 is 34.1 Å². The van der Waals surface area contributed by atoms with E-state index in [0.29, 0.717) is 64.9 Å². The molecule has 3 N–H and O–H groups in total. The van der Waals surface area contributed by atoms with E-state index in [1.54, 1.807) is 22.8 Å². The number of anilines is 2. The Morgan fingerprint density at radius 2 is 2.00 bits per heavy atom. The maximum atomic E-state index is 13.7. The van der Waals surface area contributed by atoms with Gasteiger partial charge in [0.2, 0.25) is 0 Å². The largest absolute Gasteiger partial charge is 0.382 e. The van der Waals surface area contributed by atoms with Crippen LogP contribution in [0.25, 0.3) is 10.9 Å². The van der Waals surface area contributed by atoms with Gasteiger partial charge in [-0.05, 0) is 50.0 Å². The number of nitrogens with one attached hydrogen (secondary N) is 1. The van der Waals surface area contributed by atoms with Crippen molar-refractivity contribution in [2.24, 2.45) is 0 Å². The number of hydrogen-bond donors (Lipinski definition) is 2. The molecule has 4 aromatic rings. The molecule has 1 aromatic carbocycles. The van der Waals surface area contributed by atoms with E-state index >= 15 is 0 Å². The van der Waals surface area contributed by atoms with E-state index in [4.69, 9.17) is 27.1 Å². The van der Waals surface area contributed by atoms with Gasteiger partial charge in [-0.15, -0.1) is 0 Å². The van der Waals surface area contributed by atoms with Crippen molar-refractivity contribution in [3.8, 4) is 11.8 Å². The van der Waals surface area contributed by atoms with Gasteiger partial charge in [-0.2, -0.15) is 0 Å². The third-order valence-corrected chi connectivity index (χ3v) is 6.44. The molecule has 0 unspecified atom stereocenters. The Hall–Kier alpha value is -4.07. The average molecular weight is 520 g/mol. The highest BCUT2D eigenvalue weighted by Crippen LogP contribution is 2.29. The van der Waals surface area contributed by atoms with Crippen LogP contribution in [0.4, 0.5) is 16.0 Å². The molecule has 0 radical (unpaired) electrons. The fourth-order valence-corrected chi connectivity index (χ4v) is 4.55. The highest BCUT2D eigenvalue weighted by atomic mass is 35.5. The zero-order valence-corrected chi connectivity index (χ0v) is 20.7. The van der Waals surface area contributed by atoms with Gasteiger partial charge < -0.3 is 15.8 Å². The van der Waals surface area contributed by atoms with Crippen LogP contribution >= 0.6 is 11.6 Å². The molecule has 5 rings (SSSR count). The number of aromatic nitrogens is 5. The SMILES string of the molecule is C[C@H](Nc1ncnc(N)c1C#Cc1ccc(F)cn1)c1nc2cccc(Cl)c2c(=O)n1C1CCOCC1. The molecule has 0 bridgehead atoms. The average Bonchev–Trinajstić information content (AvgIpc) is 2.89. The minimum absolute atomic E-state index is 0.0899. The molecular weight excluding hydrogens is 497 g/mol. The second kappa shape index (κ2) is 10.5. The molecule has 1 aliphatic rings. The van der Waals surface area contributed by atoms with Gasteiger partial charge in [-0.1, -0.05) is 23.6 Å². The standard InChI is InChI=1S/C26H23ClFN7O2/c1-15(33-24-19(23(29)31-14-32-24)8-7-17-6-5-16(28)13-30-17)25-34-21-4-2-3-20(27)22(21)26(36)35(25)18-9-11-37-12-10-18/h2-6,13-15,18H,9-12H2,1H3,(H3,29,31,32,33)/t15-/m0/s1. The molecule has 9 nitrogen and oxygen atoms in total. The first-order valence-electron chi connectivity index (χ1n) is 11.7. The van der Waals surface area contributed by atoms with Crippen LogP contribution in [0.3, 0.4) is 0 Å². The number of nitrogens with zero attached hydrogens (tertiary/aromatic N) is 5. The minimum atomic E-state index is -0.460. The number of hydrogen-bond acceptors (Lipinski definition) is 8. The molecule has 37 heavy (non-hydrogen) atoms. The highest BCUT2D eigenvalue weighted by molar-refractivity contribution is 6.35. The van der Waals surface area contributed by atoms with Gasteiger partial charge in [0.25, 0.3) is 5.56 Å². The molecule has 0 amide bonds. The van der Waals surface area contributed by atoms with E-state index in [0.717, 1.165) is 6.20 Å². The Morgan fingerprint density at radius 1 is 1.19 bits per heavy atom. The summed E-state index contributed by atoms with van der Waals surface area (Å²) in [7, 11) is 0. The molecule has 188 valence electrons. The molecule has 1 aliphatic heterocycles. The summed E-state index contributed by atoms with van der Waals surface area (Å²) in [4.78, 5) is 30.9. The van der Waals surface area contributed by atoms with E-state index in [1.165, 1.54) is 18.5 Å². The lowest BCUT2D eigenvalue weighted by Gasteiger charge is -2.29. The van der Waals surface area contributed by atoms with Crippen molar-refractivity contribution in [1.82, 2.24) is 24.5 Å². The van der Waals surface area contributed by atoms with Crippen molar-refractivity contribution in [2.75, 3.05) is 24.3 Å². The molecule has 0 aliphatic carbocycles. The smallest absolute Gasteiger partial charge is 0.263 e. The van der Waals surface area contributed by atoms with Crippen LogP contribution in [0.2, 0.25) is 5.02 Å². The third kappa shape index (κ3) is 5.09. The molecule has 0 spiro atoms. The number of nitrogens with two attached hydrogens (primary N) is 1. The number of rotatable bonds is 4. The van der Waals surface area contributed by atoms with Gasteiger partial charge in [-0.25, -0.2) is 24.3 Å². The van der Waals surface area contributed by atoms with E-state index in [1.807, 2.05) is 6.92 Å². The quantitative estimate of drug-likeness (QED) is 0.390. The van der Waals surface area contributed by atoms with Gasteiger partial charge in [-0.3, -0.25) is 9.36 Å². The molecule has 0 saturated carbocycles. The molecular formula is C26H23ClFN7O2. The van der Waals surface area contributed by atoms with Crippen LogP contribution in [-0.4, -0.2) is 37.7 Å². The van der Waals surface area contributed by atoms with Crippen LogP contribution < -0.4 is 16.6 Å². The highest BCUT2D eigenvalue weighted by Gasteiger charge is 2.26. The zero-order valence-electron chi connectivity index (χ0n) is 19.9. The summed E-state index contributed by atoms with van der Waals surface area (Å²) in [6.45, 7) is 2.99. The predicted molar refractivity (Wildman–Crippen MR) is 139 cm³/mol. The Bertz CT molecular complexity index is 1570. The number of halogens is 2. The maximum Gasteiger partial charge on any atom is 0.263 e. The Morgan fingerprint density at radius 3 is 2.76 bits per heavy atom. The second-order valence-corrected chi connectivity index (χ2v) is 8.99. The molecule has 1 fully saturated rings. The first-order chi connectivity index (χ1) is 17.9. The summed E-state index contributed by atoms with van der Waals surface area (Å²) in [6, 6.07) is 7.41. The van der Waals surface area contributed by atoms with E-state index in [9.17, 15) is 9.18 Å². The molecule has 1 saturated heterocycles. The lowest BCUT2D eigenvalue weighted by atomic mass is 10.1. The minimum Gasteiger partial charge on any atom is -0.382 e. The monoisotopic (exact) mass is 519 g/mol. The summed E-state index contributed by atoms with van der Waals surface area (Å²) in [5, 5.41) is 4.04. The Labute approximate surface area is 216 Å².